The van der Waals surface area contributed by atoms with Crippen molar-refractivity contribution in [2.75, 3.05) is 10.6 Å². The summed E-state index contributed by atoms with van der Waals surface area (Å²) in [4.78, 5) is 18.5. The number of benzene rings is 1. The van der Waals surface area contributed by atoms with Gasteiger partial charge >= 0.3 is 6.09 Å². The van der Waals surface area contributed by atoms with Crippen molar-refractivity contribution in [3.05, 3.63) is 54.4 Å². The van der Waals surface area contributed by atoms with Gasteiger partial charge in [-0.15, -0.1) is 0 Å². The molecule has 2 atom stereocenters. The molecule has 10 nitrogen and oxygen atoms in total. The second-order valence-corrected chi connectivity index (χ2v) is 9.49. The van der Waals surface area contributed by atoms with E-state index in [0.29, 0.717) is 17.2 Å². The van der Waals surface area contributed by atoms with Crippen LogP contribution in [-0.4, -0.2) is 43.8 Å². The Balaban J connectivity index is 1.50. The molecule has 0 radical (unpaired) electrons. The molecular formula is C25H30N8O2. The Labute approximate surface area is 204 Å². The number of nitrogens with one attached hydrogen (secondary N) is 3. The number of pyridine rings is 1. The number of nitriles is 1. The monoisotopic (exact) mass is 474 g/mol. The number of rotatable bonds is 6. The molecule has 0 spiro atoms. The van der Waals surface area contributed by atoms with Gasteiger partial charge < -0.3 is 20.7 Å². The Morgan fingerprint density at radius 3 is 2.57 bits per heavy atom. The Kier molecular flexibility index (Phi) is 7.15. The third-order valence-electron chi connectivity index (χ3n) is 5.58. The summed E-state index contributed by atoms with van der Waals surface area (Å²) in [6, 6.07) is 13.2. The van der Waals surface area contributed by atoms with Gasteiger partial charge in [0.2, 0.25) is 0 Å². The number of carbonyl (C=O) groups is 1. The Morgan fingerprint density at radius 2 is 1.86 bits per heavy atom. The predicted octanol–water partition coefficient (Wildman–Crippen LogP) is 4.53. The van der Waals surface area contributed by atoms with Crippen molar-refractivity contribution in [2.24, 2.45) is 0 Å². The molecule has 1 aliphatic carbocycles. The van der Waals surface area contributed by atoms with E-state index in [-0.39, 0.29) is 12.1 Å². The number of hydrogen-bond acceptors (Lipinski definition) is 8. The van der Waals surface area contributed by atoms with Crippen LogP contribution in [0.4, 0.5) is 22.1 Å². The van der Waals surface area contributed by atoms with Gasteiger partial charge in [0.25, 0.3) is 0 Å². The largest absolute Gasteiger partial charge is 0.444 e. The molecule has 1 saturated carbocycles. The van der Waals surface area contributed by atoms with Gasteiger partial charge in [0.15, 0.2) is 5.82 Å². The van der Waals surface area contributed by atoms with Crippen LogP contribution in [-0.2, 0) is 4.74 Å². The minimum absolute atomic E-state index is 0.00114. The van der Waals surface area contributed by atoms with Gasteiger partial charge in [0.1, 0.15) is 17.5 Å². The van der Waals surface area contributed by atoms with Crippen molar-refractivity contribution in [1.82, 2.24) is 25.3 Å². The summed E-state index contributed by atoms with van der Waals surface area (Å²) < 4.78 is 5.44. The minimum Gasteiger partial charge on any atom is -0.444 e. The predicted molar refractivity (Wildman–Crippen MR) is 133 cm³/mol. The molecule has 1 amide bonds. The topological polar surface area (TPSA) is 130 Å². The second-order valence-electron chi connectivity index (χ2n) is 9.49. The van der Waals surface area contributed by atoms with E-state index in [2.05, 4.69) is 37.2 Å². The lowest BCUT2D eigenvalue weighted by molar-refractivity contribution is 0.0488. The lowest BCUT2D eigenvalue weighted by Gasteiger charge is -2.33. The highest BCUT2D eigenvalue weighted by Gasteiger charge is 2.28. The van der Waals surface area contributed by atoms with Crippen LogP contribution in [0, 0.1) is 11.3 Å². The van der Waals surface area contributed by atoms with Gasteiger partial charge in [0, 0.05) is 11.7 Å². The quantitative estimate of drug-likeness (QED) is 0.475. The zero-order valence-corrected chi connectivity index (χ0v) is 20.2. The van der Waals surface area contributed by atoms with E-state index >= 15 is 0 Å². The molecule has 1 fully saturated rings. The number of hydrogen-bond donors (Lipinski definition) is 3. The summed E-state index contributed by atoms with van der Waals surface area (Å²) in [5.74, 6) is 1.06. The lowest BCUT2D eigenvalue weighted by Crippen LogP contribution is -2.49. The number of carbonyl (C=O) groups excluding carboxylic acids is 1. The first-order valence-electron chi connectivity index (χ1n) is 11.7. The van der Waals surface area contributed by atoms with E-state index < -0.39 is 11.7 Å². The van der Waals surface area contributed by atoms with Gasteiger partial charge in [-0.2, -0.15) is 20.3 Å². The molecule has 2 heterocycles. The van der Waals surface area contributed by atoms with Crippen LogP contribution in [0.15, 0.2) is 48.8 Å². The normalized spacial score (nSPS) is 17.8. The Hall–Kier alpha value is -4.13. The van der Waals surface area contributed by atoms with Crippen molar-refractivity contribution in [1.29, 1.82) is 5.26 Å². The van der Waals surface area contributed by atoms with E-state index in [9.17, 15) is 10.1 Å². The molecule has 35 heavy (non-hydrogen) atoms. The summed E-state index contributed by atoms with van der Waals surface area (Å²) in [6.07, 6.45) is 6.64. The molecule has 2 aromatic heterocycles. The first-order chi connectivity index (χ1) is 16.8. The van der Waals surface area contributed by atoms with Crippen LogP contribution < -0.4 is 16.0 Å². The molecule has 0 bridgehead atoms. The first-order valence-corrected chi connectivity index (χ1v) is 11.7. The Bertz CT molecular complexity index is 1200. The highest BCUT2D eigenvalue weighted by molar-refractivity contribution is 5.69. The zero-order valence-electron chi connectivity index (χ0n) is 20.2. The maximum atomic E-state index is 12.3. The van der Waals surface area contributed by atoms with Crippen LogP contribution in [0.3, 0.4) is 0 Å². The number of amides is 1. The van der Waals surface area contributed by atoms with Crippen LogP contribution >= 0.6 is 0 Å². The fourth-order valence-corrected chi connectivity index (χ4v) is 4.04. The number of aromatic nitrogens is 4. The van der Waals surface area contributed by atoms with E-state index in [1.54, 1.807) is 24.5 Å². The molecule has 1 aliphatic rings. The van der Waals surface area contributed by atoms with Crippen LogP contribution in [0.5, 0.6) is 0 Å². The van der Waals surface area contributed by atoms with Gasteiger partial charge in [-0.1, -0.05) is 18.9 Å². The molecule has 3 N–H and O–H groups in total. The molecule has 3 aromatic rings. The molecule has 182 valence electrons. The van der Waals surface area contributed by atoms with Crippen LogP contribution in [0.1, 0.15) is 52.0 Å². The second kappa shape index (κ2) is 10.4. The van der Waals surface area contributed by atoms with Gasteiger partial charge in [0.05, 0.1) is 29.7 Å². The standard InChI is InChI=1S/C25H30N8O2/c1-25(2,3)35-24(34)31-21-10-5-4-9-20(21)30-22-12-11-17(16-26)23(32-22)29-18-7-6-8-19(15-18)33-27-13-14-28-33/h6-8,11-15,20-21H,4-5,9-10H2,1-3H3,(H,31,34)(H2,29,30,32). The molecule has 4 rings (SSSR count). The summed E-state index contributed by atoms with van der Waals surface area (Å²) in [7, 11) is 0. The number of nitrogens with zero attached hydrogens (tertiary/aromatic N) is 5. The molecule has 10 heteroatoms. The first kappa shape index (κ1) is 24.0. The Morgan fingerprint density at radius 1 is 1.11 bits per heavy atom. The average Bonchev–Trinajstić information content (AvgIpc) is 3.35. The third-order valence-corrected chi connectivity index (χ3v) is 5.58. The van der Waals surface area contributed by atoms with Gasteiger partial charge in [-0.05, 0) is 63.9 Å². The maximum absolute atomic E-state index is 12.3. The summed E-state index contributed by atoms with van der Waals surface area (Å²) in [6.45, 7) is 5.54. The highest BCUT2D eigenvalue weighted by Crippen LogP contribution is 2.26. The average molecular weight is 475 g/mol. The fraction of sp³-hybridized carbons (Fsp3) is 0.400. The molecule has 2 unspecified atom stereocenters. The third kappa shape index (κ3) is 6.47. The minimum atomic E-state index is -0.554. The number of ether oxygens (including phenoxy) is 1. The molecule has 1 aromatic carbocycles. The van der Waals surface area contributed by atoms with Crippen molar-refractivity contribution < 1.29 is 9.53 Å². The number of alkyl carbamates (subject to hydrolysis) is 1. The van der Waals surface area contributed by atoms with Crippen molar-refractivity contribution in [3.63, 3.8) is 0 Å². The van der Waals surface area contributed by atoms with Gasteiger partial charge in [-0.3, -0.25) is 0 Å². The molecule has 0 aliphatic heterocycles. The van der Waals surface area contributed by atoms with Crippen LogP contribution in [0.2, 0.25) is 0 Å². The smallest absolute Gasteiger partial charge is 0.407 e. The van der Waals surface area contributed by atoms with E-state index in [4.69, 9.17) is 4.74 Å². The SMILES string of the molecule is CC(C)(C)OC(=O)NC1CCCCC1Nc1ccc(C#N)c(Nc2cccc(-n3nccn3)c2)n1. The summed E-state index contributed by atoms with van der Waals surface area (Å²) >= 11 is 0. The van der Waals surface area contributed by atoms with E-state index in [0.717, 1.165) is 37.1 Å². The fourth-order valence-electron chi connectivity index (χ4n) is 4.04. The maximum Gasteiger partial charge on any atom is 0.407 e. The number of anilines is 3. The summed E-state index contributed by atoms with van der Waals surface area (Å²) in [5.41, 5.74) is 1.40. The summed E-state index contributed by atoms with van der Waals surface area (Å²) in [5, 5.41) is 27.6. The lowest BCUT2D eigenvalue weighted by atomic mass is 9.90. The van der Waals surface area contributed by atoms with Crippen LogP contribution in [0.25, 0.3) is 5.69 Å². The van der Waals surface area contributed by atoms with Crippen molar-refractivity contribution in [2.45, 2.75) is 64.1 Å². The molecular weight excluding hydrogens is 444 g/mol. The van der Waals surface area contributed by atoms with Crippen molar-refractivity contribution in [3.8, 4) is 11.8 Å². The van der Waals surface area contributed by atoms with E-state index in [1.165, 1.54) is 4.80 Å². The highest BCUT2D eigenvalue weighted by atomic mass is 16.6. The van der Waals surface area contributed by atoms with E-state index in [1.807, 2.05) is 45.0 Å². The van der Waals surface area contributed by atoms with Crippen molar-refractivity contribution >= 4 is 23.4 Å². The zero-order chi connectivity index (χ0) is 24.8. The van der Waals surface area contributed by atoms with Gasteiger partial charge in [-0.25, -0.2) is 9.78 Å². The molecule has 0 saturated heterocycles.